The molecule has 0 aliphatic carbocycles. The van der Waals surface area contributed by atoms with Gasteiger partial charge in [0.05, 0.1) is 17.5 Å². The molecule has 28 heavy (non-hydrogen) atoms. The molecule has 1 aromatic carbocycles. The molecule has 2 aromatic heterocycles. The highest BCUT2D eigenvalue weighted by Crippen LogP contribution is 2.27. The van der Waals surface area contributed by atoms with Crippen molar-refractivity contribution in [2.75, 3.05) is 18.4 Å². The quantitative estimate of drug-likeness (QED) is 0.678. The first kappa shape index (κ1) is 18.7. The van der Waals surface area contributed by atoms with E-state index in [0.717, 1.165) is 11.3 Å². The molecule has 1 aliphatic heterocycles. The average molecular weight is 416 g/mol. The van der Waals surface area contributed by atoms with Crippen LogP contribution in [0, 0.1) is 5.92 Å². The van der Waals surface area contributed by atoms with Crippen LogP contribution >= 0.6 is 22.9 Å². The molecule has 0 spiro atoms. The number of halogens is 1. The largest absolute Gasteiger partial charge is 0.472 e. The average Bonchev–Trinajstić information content (AvgIpc) is 3.40. The van der Waals surface area contributed by atoms with Gasteiger partial charge in [-0.25, -0.2) is 4.98 Å². The third-order valence-corrected chi connectivity index (χ3v) is 5.81. The maximum absolute atomic E-state index is 12.6. The van der Waals surface area contributed by atoms with Crippen molar-refractivity contribution in [3.8, 4) is 11.3 Å². The second-order valence-corrected chi connectivity index (χ2v) is 7.91. The summed E-state index contributed by atoms with van der Waals surface area (Å²) in [5, 5.41) is 6.06. The molecule has 1 N–H and O–H groups in total. The zero-order valence-electron chi connectivity index (χ0n) is 14.9. The van der Waals surface area contributed by atoms with E-state index in [4.69, 9.17) is 16.0 Å². The number of nitrogens with zero attached hydrogens (tertiary/aromatic N) is 2. The number of carbonyl (C=O) groups is 2. The van der Waals surface area contributed by atoms with Crippen LogP contribution in [-0.2, 0) is 4.79 Å². The molecule has 0 atom stereocenters. The minimum absolute atomic E-state index is 0.0487. The van der Waals surface area contributed by atoms with Crippen molar-refractivity contribution in [3.05, 3.63) is 58.8 Å². The number of piperidine rings is 1. The van der Waals surface area contributed by atoms with Crippen LogP contribution in [-0.4, -0.2) is 34.8 Å². The van der Waals surface area contributed by atoms with Crippen LogP contribution in [0.15, 0.2) is 52.7 Å². The molecular formula is C20H18ClN3O3S. The SMILES string of the molecule is O=C(Nc1nc(-c2ccc(Cl)cc2)cs1)C1CCN(C(=O)c2ccoc2)CC1. The van der Waals surface area contributed by atoms with E-state index in [2.05, 4.69) is 10.3 Å². The number of hydrogen-bond donors (Lipinski definition) is 1. The predicted octanol–water partition coefficient (Wildman–Crippen LogP) is 4.55. The second-order valence-electron chi connectivity index (χ2n) is 6.61. The fourth-order valence-corrected chi connectivity index (χ4v) is 4.05. The molecule has 0 radical (unpaired) electrons. The van der Waals surface area contributed by atoms with Gasteiger partial charge in [0.2, 0.25) is 5.91 Å². The van der Waals surface area contributed by atoms with Gasteiger partial charge in [0.25, 0.3) is 5.91 Å². The Morgan fingerprint density at radius 2 is 1.93 bits per heavy atom. The van der Waals surface area contributed by atoms with Gasteiger partial charge < -0.3 is 14.6 Å². The van der Waals surface area contributed by atoms with Gasteiger partial charge >= 0.3 is 0 Å². The number of hydrogen-bond acceptors (Lipinski definition) is 5. The fourth-order valence-electron chi connectivity index (χ4n) is 3.21. The second kappa shape index (κ2) is 8.16. The number of anilines is 1. The Bertz CT molecular complexity index is 961. The van der Waals surface area contributed by atoms with Crippen LogP contribution in [0.5, 0.6) is 0 Å². The lowest BCUT2D eigenvalue weighted by Gasteiger charge is -2.30. The number of rotatable bonds is 4. The Hall–Kier alpha value is -2.64. The molecule has 3 aromatic rings. The number of benzene rings is 1. The van der Waals surface area contributed by atoms with Crippen molar-refractivity contribution in [3.63, 3.8) is 0 Å². The van der Waals surface area contributed by atoms with E-state index in [1.54, 1.807) is 11.0 Å². The van der Waals surface area contributed by atoms with E-state index in [-0.39, 0.29) is 17.7 Å². The van der Waals surface area contributed by atoms with E-state index >= 15 is 0 Å². The molecule has 0 unspecified atom stereocenters. The van der Waals surface area contributed by atoms with Crippen LogP contribution < -0.4 is 5.32 Å². The zero-order chi connectivity index (χ0) is 19.5. The lowest BCUT2D eigenvalue weighted by molar-refractivity contribution is -0.121. The highest BCUT2D eigenvalue weighted by atomic mass is 35.5. The molecule has 4 rings (SSSR count). The van der Waals surface area contributed by atoms with E-state index in [0.29, 0.717) is 41.6 Å². The molecule has 6 nitrogen and oxygen atoms in total. The fraction of sp³-hybridized carbons (Fsp3) is 0.250. The van der Waals surface area contributed by atoms with Crippen molar-refractivity contribution < 1.29 is 14.0 Å². The number of furan rings is 1. The van der Waals surface area contributed by atoms with Gasteiger partial charge in [0.15, 0.2) is 5.13 Å². The minimum atomic E-state index is -0.128. The Kier molecular flexibility index (Phi) is 5.45. The van der Waals surface area contributed by atoms with E-state index in [9.17, 15) is 9.59 Å². The number of likely N-dealkylation sites (tertiary alicyclic amines) is 1. The summed E-state index contributed by atoms with van der Waals surface area (Å²) in [7, 11) is 0. The first-order valence-corrected chi connectivity index (χ1v) is 10.2. The van der Waals surface area contributed by atoms with E-state index in [1.807, 2.05) is 29.6 Å². The maximum Gasteiger partial charge on any atom is 0.257 e. The van der Waals surface area contributed by atoms with Crippen LogP contribution in [0.25, 0.3) is 11.3 Å². The molecule has 144 valence electrons. The summed E-state index contributed by atoms with van der Waals surface area (Å²) in [5.41, 5.74) is 2.30. The van der Waals surface area contributed by atoms with Crippen molar-refractivity contribution >= 4 is 39.9 Å². The van der Waals surface area contributed by atoms with Crippen LogP contribution in [0.4, 0.5) is 5.13 Å². The molecule has 2 amide bonds. The normalized spacial score (nSPS) is 14.8. The molecule has 1 saturated heterocycles. The van der Waals surface area contributed by atoms with Crippen molar-refractivity contribution in [2.45, 2.75) is 12.8 Å². The Labute approximate surface area is 171 Å². The predicted molar refractivity (Wildman–Crippen MR) is 109 cm³/mol. The van der Waals surface area contributed by atoms with Crippen molar-refractivity contribution in [1.82, 2.24) is 9.88 Å². The number of nitrogens with one attached hydrogen (secondary N) is 1. The summed E-state index contributed by atoms with van der Waals surface area (Å²) in [6.45, 7) is 1.10. The van der Waals surface area contributed by atoms with Crippen LogP contribution in [0.2, 0.25) is 5.02 Å². The van der Waals surface area contributed by atoms with Crippen LogP contribution in [0.3, 0.4) is 0 Å². The first-order chi connectivity index (χ1) is 13.6. The van der Waals surface area contributed by atoms with Gasteiger partial charge in [-0.2, -0.15) is 0 Å². The Morgan fingerprint density at radius 1 is 1.18 bits per heavy atom. The van der Waals surface area contributed by atoms with Gasteiger partial charge in [-0.1, -0.05) is 23.7 Å². The molecule has 0 bridgehead atoms. The topological polar surface area (TPSA) is 75.4 Å². The maximum atomic E-state index is 12.6. The summed E-state index contributed by atoms with van der Waals surface area (Å²) in [5.74, 6) is -0.233. The summed E-state index contributed by atoms with van der Waals surface area (Å²) in [6, 6.07) is 9.08. The van der Waals surface area contributed by atoms with Gasteiger partial charge in [0, 0.05) is 35.0 Å². The smallest absolute Gasteiger partial charge is 0.257 e. The summed E-state index contributed by atoms with van der Waals surface area (Å²) >= 11 is 7.31. The van der Waals surface area contributed by atoms with Gasteiger partial charge in [-0.3, -0.25) is 9.59 Å². The standard InChI is InChI=1S/C20H18ClN3O3S/c21-16-3-1-13(2-4-16)17-12-28-20(22-17)23-18(25)14-5-8-24(9-6-14)19(26)15-7-10-27-11-15/h1-4,7,10-12,14H,5-6,8-9H2,(H,22,23,25). The molecular weight excluding hydrogens is 398 g/mol. The highest BCUT2D eigenvalue weighted by molar-refractivity contribution is 7.14. The first-order valence-electron chi connectivity index (χ1n) is 8.94. The van der Waals surface area contributed by atoms with Gasteiger partial charge in [0.1, 0.15) is 6.26 Å². The number of thiazole rings is 1. The number of aromatic nitrogens is 1. The summed E-state index contributed by atoms with van der Waals surface area (Å²) < 4.78 is 4.97. The number of amides is 2. The van der Waals surface area contributed by atoms with Crippen molar-refractivity contribution in [1.29, 1.82) is 0 Å². The molecule has 1 fully saturated rings. The van der Waals surface area contributed by atoms with E-state index < -0.39 is 0 Å². The highest BCUT2D eigenvalue weighted by Gasteiger charge is 2.28. The number of carbonyl (C=O) groups excluding carboxylic acids is 2. The Morgan fingerprint density at radius 3 is 2.61 bits per heavy atom. The molecule has 0 saturated carbocycles. The third kappa shape index (κ3) is 4.10. The third-order valence-electron chi connectivity index (χ3n) is 4.80. The Balaban J connectivity index is 1.32. The summed E-state index contributed by atoms with van der Waals surface area (Å²) in [6.07, 6.45) is 4.19. The monoisotopic (exact) mass is 415 g/mol. The minimum Gasteiger partial charge on any atom is -0.472 e. The van der Waals surface area contributed by atoms with Gasteiger partial charge in [-0.05, 0) is 31.0 Å². The summed E-state index contributed by atoms with van der Waals surface area (Å²) in [4.78, 5) is 31.2. The zero-order valence-corrected chi connectivity index (χ0v) is 16.5. The lowest BCUT2D eigenvalue weighted by atomic mass is 9.95. The van der Waals surface area contributed by atoms with E-state index in [1.165, 1.54) is 23.9 Å². The van der Waals surface area contributed by atoms with Crippen molar-refractivity contribution in [2.24, 2.45) is 5.92 Å². The molecule has 3 heterocycles. The lowest BCUT2D eigenvalue weighted by Crippen LogP contribution is -2.41. The van der Waals surface area contributed by atoms with Gasteiger partial charge in [-0.15, -0.1) is 11.3 Å². The molecule has 8 heteroatoms. The molecule has 1 aliphatic rings. The van der Waals surface area contributed by atoms with Crippen LogP contribution in [0.1, 0.15) is 23.2 Å².